The molecular formula is C8H3Cl2NO2S. The van der Waals surface area contributed by atoms with E-state index in [4.69, 9.17) is 23.5 Å². The molecular weight excluding hydrogens is 245 g/mol. The van der Waals surface area contributed by atoms with Crippen LogP contribution in [0, 0.1) is 0 Å². The van der Waals surface area contributed by atoms with Crippen LogP contribution in [-0.4, -0.2) is 11.0 Å². The Bertz CT molecular complexity index is 497. The lowest BCUT2D eigenvalue weighted by Gasteiger charge is -1.88. The van der Waals surface area contributed by atoms with Crippen molar-refractivity contribution in [2.45, 2.75) is 0 Å². The van der Waals surface area contributed by atoms with E-state index in [1.54, 1.807) is 18.3 Å². The summed E-state index contributed by atoms with van der Waals surface area (Å²) in [5.41, 5.74) is 0.666. The van der Waals surface area contributed by atoms with Crippen molar-refractivity contribution in [1.29, 1.82) is 0 Å². The second-order valence-electron chi connectivity index (χ2n) is 2.48. The van der Waals surface area contributed by atoms with Crippen molar-refractivity contribution < 1.29 is 9.08 Å². The molecule has 2 aromatic rings. The summed E-state index contributed by atoms with van der Waals surface area (Å²) in [6.07, 6.45) is 1.58. The molecule has 0 amide bonds. The summed E-state index contributed by atoms with van der Waals surface area (Å²) in [5.74, 6) is -0.592. The smallest absolute Gasteiger partial charge is 0.342 e. The van der Waals surface area contributed by atoms with Gasteiger partial charge in [-0.2, -0.15) is 0 Å². The molecule has 0 aromatic carbocycles. The highest BCUT2D eigenvalue weighted by atomic mass is 35.5. The minimum atomic E-state index is -0.592. The van der Waals surface area contributed by atoms with Gasteiger partial charge in [-0.15, -0.1) is 11.3 Å². The van der Waals surface area contributed by atoms with Crippen LogP contribution in [0.25, 0.3) is 10.2 Å². The molecule has 0 radical (unpaired) electrons. The maximum atomic E-state index is 11.1. The molecule has 2 rings (SSSR count). The van der Waals surface area contributed by atoms with Crippen LogP contribution < -0.4 is 0 Å². The zero-order valence-electron chi connectivity index (χ0n) is 6.66. The number of hydrogen-bond acceptors (Lipinski definition) is 4. The van der Waals surface area contributed by atoms with E-state index in [2.05, 4.69) is 9.27 Å². The van der Waals surface area contributed by atoms with Gasteiger partial charge < -0.3 is 4.29 Å². The number of thiophene rings is 1. The van der Waals surface area contributed by atoms with Crippen molar-refractivity contribution in [3.8, 4) is 0 Å². The van der Waals surface area contributed by atoms with Gasteiger partial charge in [0.2, 0.25) is 0 Å². The maximum absolute atomic E-state index is 11.1. The van der Waals surface area contributed by atoms with E-state index >= 15 is 0 Å². The van der Waals surface area contributed by atoms with Gasteiger partial charge in [0, 0.05) is 6.20 Å². The van der Waals surface area contributed by atoms with Crippen LogP contribution in [0.1, 0.15) is 9.67 Å². The molecule has 3 nitrogen and oxygen atoms in total. The number of rotatable bonds is 1. The quantitative estimate of drug-likeness (QED) is 0.777. The number of fused-ring (bicyclic) bond motifs is 1. The number of aromatic nitrogens is 1. The Labute approximate surface area is 93.4 Å². The summed E-state index contributed by atoms with van der Waals surface area (Å²) in [4.78, 5) is 15.5. The fourth-order valence-electron chi connectivity index (χ4n) is 1.05. The monoisotopic (exact) mass is 247 g/mol. The van der Waals surface area contributed by atoms with E-state index in [-0.39, 0.29) is 0 Å². The summed E-state index contributed by atoms with van der Waals surface area (Å²) in [7, 11) is 0. The van der Waals surface area contributed by atoms with Crippen molar-refractivity contribution in [1.82, 2.24) is 4.98 Å². The summed E-state index contributed by atoms with van der Waals surface area (Å²) >= 11 is 12.1. The molecule has 0 spiro atoms. The van der Waals surface area contributed by atoms with Gasteiger partial charge in [-0.1, -0.05) is 11.6 Å². The minimum Gasteiger partial charge on any atom is -0.342 e. The van der Waals surface area contributed by atoms with Crippen molar-refractivity contribution >= 4 is 51.0 Å². The van der Waals surface area contributed by atoms with Gasteiger partial charge in [0.25, 0.3) is 0 Å². The molecule has 14 heavy (non-hydrogen) atoms. The lowest BCUT2D eigenvalue weighted by molar-refractivity contribution is 0.0756. The highest BCUT2D eigenvalue weighted by Crippen LogP contribution is 2.30. The second kappa shape index (κ2) is 3.73. The Morgan fingerprint density at radius 2 is 2.36 bits per heavy atom. The van der Waals surface area contributed by atoms with Crippen molar-refractivity contribution in [2.75, 3.05) is 0 Å². The summed E-state index contributed by atoms with van der Waals surface area (Å²) in [6.45, 7) is 0. The number of carbonyl (C=O) groups excluding carboxylic acids is 1. The molecule has 72 valence electrons. The molecule has 0 fully saturated rings. The van der Waals surface area contributed by atoms with Gasteiger partial charge in [0.1, 0.15) is 16.7 Å². The van der Waals surface area contributed by atoms with E-state index in [0.717, 1.165) is 4.70 Å². The highest BCUT2D eigenvalue weighted by Gasteiger charge is 2.13. The molecule has 0 bridgehead atoms. The van der Waals surface area contributed by atoms with E-state index in [1.165, 1.54) is 11.3 Å². The Hall–Kier alpha value is -0.840. The molecule has 6 heteroatoms. The number of pyridine rings is 1. The van der Waals surface area contributed by atoms with Crippen LogP contribution in [-0.2, 0) is 4.29 Å². The van der Waals surface area contributed by atoms with Crippen LogP contribution >= 0.6 is 34.8 Å². The summed E-state index contributed by atoms with van der Waals surface area (Å²) in [6, 6.07) is 3.26. The molecule has 0 N–H and O–H groups in total. The van der Waals surface area contributed by atoms with Crippen LogP contribution in [0.5, 0.6) is 0 Å². The third-order valence-corrected chi connectivity index (χ3v) is 3.34. The largest absolute Gasteiger partial charge is 0.366 e. The SMILES string of the molecule is O=C(OCl)c1cc2nccc(Cl)c2s1. The van der Waals surface area contributed by atoms with Gasteiger partial charge >= 0.3 is 5.97 Å². The van der Waals surface area contributed by atoms with Crippen molar-refractivity contribution in [2.24, 2.45) is 0 Å². The van der Waals surface area contributed by atoms with Gasteiger partial charge in [-0.3, -0.25) is 4.98 Å². The molecule has 2 aromatic heterocycles. The highest BCUT2D eigenvalue weighted by molar-refractivity contribution is 7.21. The average Bonchev–Trinajstić information content (AvgIpc) is 2.62. The van der Waals surface area contributed by atoms with Gasteiger partial charge in [-0.25, -0.2) is 4.79 Å². The molecule has 0 atom stereocenters. The number of halogens is 2. The first kappa shape index (κ1) is 9.71. The molecule has 0 aliphatic rings. The lowest BCUT2D eigenvalue weighted by atomic mass is 10.4. The Morgan fingerprint density at radius 1 is 1.57 bits per heavy atom. The lowest BCUT2D eigenvalue weighted by Crippen LogP contribution is -1.92. The maximum Gasteiger partial charge on any atom is 0.366 e. The Balaban J connectivity index is 2.62. The summed E-state index contributed by atoms with van der Waals surface area (Å²) < 4.78 is 4.83. The third kappa shape index (κ3) is 1.56. The first-order chi connectivity index (χ1) is 6.72. The fourth-order valence-corrected chi connectivity index (χ4v) is 2.34. The number of hydrogen-bond donors (Lipinski definition) is 0. The number of nitrogens with zero attached hydrogens (tertiary/aromatic N) is 1. The molecule has 0 aliphatic heterocycles. The average molecular weight is 248 g/mol. The van der Waals surface area contributed by atoms with E-state index in [0.29, 0.717) is 15.4 Å². The first-order valence-corrected chi connectivity index (χ1v) is 5.09. The van der Waals surface area contributed by atoms with E-state index in [1.807, 2.05) is 0 Å². The first-order valence-electron chi connectivity index (χ1n) is 3.59. The minimum absolute atomic E-state index is 0.385. The third-order valence-electron chi connectivity index (χ3n) is 1.64. The Kier molecular flexibility index (Phi) is 2.58. The molecule has 0 saturated carbocycles. The standard InChI is InChI=1S/C8H3Cl2NO2S/c9-4-1-2-11-5-3-6(8(12)13-10)14-7(4)5/h1-3H. The normalized spacial score (nSPS) is 10.4. The molecule has 0 saturated heterocycles. The van der Waals surface area contributed by atoms with Gasteiger partial charge in [0.05, 0.1) is 15.2 Å². The Morgan fingerprint density at radius 3 is 3.00 bits per heavy atom. The fraction of sp³-hybridized carbons (Fsp3) is 0. The molecule has 0 aliphatic carbocycles. The zero-order chi connectivity index (χ0) is 10.1. The number of carbonyl (C=O) groups is 1. The predicted octanol–water partition coefficient (Wildman–Crippen LogP) is 3.26. The molecule has 2 heterocycles. The molecule has 0 unspecified atom stereocenters. The van der Waals surface area contributed by atoms with Crippen LogP contribution in [0.15, 0.2) is 18.3 Å². The van der Waals surface area contributed by atoms with Crippen LogP contribution in [0.2, 0.25) is 5.02 Å². The van der Waals surface area contributed by atoms with Crippen molar-refractivity contribution in [3.63, 3.8) is 0 Å². The van der Waals surface area contributed by atoms with Crippen molar-refractivity contribution in [3.05, 3.63) is 28.2 Å². The van der Waals surface area contributed by atoms with Gasteiger partial charge in [-0.05, 0) is 12.1 Å². The zero-order valence-corrected chi connectivity index (χ0v) is 8.99. The summed E-state index contributed by atoms with van der Waals surface area (Å²) in [5, 5.41) is 0.564. The topological polar surface area (TPSA) is 39.2 Å². The second-order valence-corrected chi connectivity index (χ2v) is 4.10. The predicted molar refractivity (Wildman–Crippen MR) is 55.9 cm³/mol. The van der Waals surface area contributed by atoms with E-state index in [9.17, 15) is 4.79 Å². The van der Waals surface area contributed by atoms with E-state index < -0.39 is 5.97 Å². The van der Waals surface area contributed by atoms with Crippen LogP contribution in [0.3, 0.4) is 0 Å². The van der Waals surface area contributed by atoms with Gasteiger partial charge in [0.15, 0.2) is 0 Å². The van der Waals surface area contributed by atoms with Crippen LogP contribution in [0.4, 0.5) is 0 Å².